The second kappa shape index (κ2) is 12.2. The van der Waals surface area contributed by atoms with E-state index in [-0.39, 0.29) is 37.6 Å². The van der Waals surface area contributed by atoms with Gasteiger partial charge in [-0.05, 0) is 41.0 Å². The highest BCUT2D eigenvalue weighted by Crippen LogP contribution is 2.45. The van der Waals surface area contributed by atoms with Gasteiger partial charge in [-0.2, -0.15) is 0 Å². The van der Waals surface area contributed by atoms with Crippen LogP contribution in [0.15, 0.2) is 66.3 Å². The minimum Gasteiger partial charge on any atom is -0.462 e. The normalized spacial score (nSPS) is 25.8. The molecule has 2 aromatic carbocycles. The van der Waals surface area contributed by atoms with Crippen LogP contribution >= 0.6 is 0 Å². The number of carbonyl (C=O) groups is 4. The summed E-state index contributed by atoms with van der Waals surface area (Å²) in [6, 6.07) is 14.4. The molecular formula is C34H35NO10. The fourth-order valence-electron chi connectivity index (χ4n) is 6.14. The molecule has 2 N–H and O–H groups in total. The van der Waals surface area contributed by atoms with Crippen LogP contribution in [-0.4, -0.2) is 78.9 Å². The topological polar surface area (TPSA) is 147 Å². The lowest BCUT2D eigenvalue weighted by molar-refractivity contribution is -0.172. The summed E-state index contributed by atoms with van der Waals surface area (Å²) in [7, 11) is 0. The lowest BCUT2D eigenvalue weighted by Gasteiger charge is -2.30. The Balaban J connectivity index is 1.13. The Bertz CT molecular complexity index is 1530. The molecule has 2 aromatic rings. The summed E-state index contributed by atoms with van der Waals surface area (Å²) in [5, 5.41) is 11.8. The zero-order valence-electron chi connectivity index (χ0n) is 25.0. The smallest absolute Gasteiger partial charge is 0.348 e. The second-order valence-electron chi connectivity index (χ2n) is 12.4. The molecule has 6 rings (SSSR count). The van der Waals surface area contributed by atoms with Crippen molar-refractivity contribution in [3.63, 3.8) is 0 Å². The van der Waals surface area contributed by atoms with Crippen molar-refractivity contribution in [2.75, 3.05) is 19.8 Å². The number of cyclic esters (lactones) is 1. The number of fused-ring (bicyclic) bond motifs is 2. The van der Waals surface area contributed by atoms with E-state index < -0.39 is 53.5 Å². The third-order valence-corrected chi connectivity index (χ3v) is 8.47. The molecule has 0 aromatic heterocycles. The first-order valence-electron chi connectivity index (χ1n) is 14.9. The third-order valence-electron chi connectivity index (χ3n) is 8.47. The van der Waals surface area contributed by atoms with Gasteiger partial charge in [0.15, 0.2) is 5.79 Å². The van der Waals surface area contributed by atoms with E-state index in [1.807, 2.05) is 24.3 Å². The summed E-state index contributed by atoms with van der Waals surface area (Å²) in [4.78, 5) is 50.4. The maximum atomic E-state index is 13.3. The summed E-state index contributed by atoms with van der Waals surface area (Å²) in [5.41, 5.74) is 2.92. The van der Waals surface area contributed by atoms with Crippen molar-refractivity contribution < 1.29 is 48.0 Å². The first-order valence-corrected chi connectivity index (χ1v) is 14.9. The summed E-state index contributed by atoms with van der Waals surface area (Å²) in [6.07, 6.45) is 2.65. The predicted molar refractivity (Wildman–Crippen MR) is 158 cm³/mol. The maximum Gasteiger partial charge on any atom is 0.348 e. The second-order valence-corrected chi connectivity index (χ2v) is 12.4. The number of hydrogen-bond acceptors (Lipinski definition) is 10. The molecule has 2 aliphatic heterocycles. The molecule has 0 radical (unpaired) electrons. The van der Waals surface area contributed by atoms with Crippen LogP contribution in [0.5, 0.6) is 0 Å². The molecule has 0 bridgehead atoms. The lowest BCUT2D eigenvalue weighted by Crippen LogP contribution is -2.44. The molecule has 0 saturated carbocycles. The molecule has 236 valence electrons. The van der Waals surface area contributed by atoms with Crippen LogP contribution in [0.1, 0.15) is 47.3 Å². The van der Waals surface area contributed by atoms with Crippen LogP contribution in [0.2, 0.25) is 0 Å². The molecule has 2 heterocycles. The van der Waals surface area contributed by atoms with Crippen molar-refractivity contribution in [3.8, 4) is 0 Å². The zero-order chi connectivity index (χ0) is 31.8. The van der Waals surface area contributed by atoms with Gasteiger partial charge >= 0.3 is 17.9 Å². The Morgan fingerprint density at radius 2 is 1.73 bits per heavy atom. The molecule has 0 unspecified atom stereocenters. The Hall–Kier alpha value is -4.32. The Labute approximate surface area is 260 Å². The number of benzene rings is 2. The van der Waals surface area contributed by atoms with Crippen molar-refractivity contribution in [2.45, 2.75) is 63.3 Å². The molecule has 11 nitrogen and oxygen atoms in total. The fraction of sp³-hybridized carbons (Fsp3) is 0.412. The van der Waals surface area contributed by atoms with Crippen molar-refractivity contribution in [1.29, 1.82) is 0 Å². The highest BCUT2D eigenvalue weighted by molar-refractivity contribution is 5.94. The minimum absolute atomic E-state index is 0.0922. The van der Waals surface area contributed by atoms with E-state index in [0.717, 1.165) is 11.1 Å². The Morgan fingerprint density at radius 3 is 2.38 bits per heavy atom. The Kier molecular flexibility index (Phi) is 8.34. The van der Waals surface area contributed by atoms with Gasteiger partial charge < -0.3 is 34.1 Å². The molecule has 4 aliphatic rings. The van der Waals surface area contributed by atoms with Crippen LogP contribution in [-0.2, 0) is 50.9 Å². The molecule has 2 aliphatic carbocycles. The lowest BCUT2D eigenvalue weighted by atomic mass is 9.90. The largest absolute Gasteiger partial charge is 0.462 e. The van der Waals surface area contributed by atoms with Gasteiger partial charge in [0, 0.05) is 42.9 Å². The molecule has 2 saturated heterocycles. The molecule has 45 heavy (non-hydrogen) atoms. The Morgan fingerprint density at radius 1 is 1.02 bits per heavy atom. The number of ether oxygens (including phenoxy) is 5. The van der Waals surface area contributed by atoms with E-state index in [1.165, 1.54) is 12.2 Å². The quantitative estimate of drug-likeness (QED) is 0.257. The maximum absolute atomic E-state index is 13.3. The number of carbonyl (C=O) groups excluding carboxylic acids is 4. The highest BCUT2D eigenvalue weighted by atomic mass is 16.8. The van der Waals surface area contributed by atoms with E-state index in [1.54, 1.807) is 44.2 Å². The molecule has 1 amide bonds. The van der Waals surface area contributed by atoms with Gasteiger partial charge in [0.25, 0.3) is 0 Å². The van der Waals surface area contributed by atoms with Crippen molar-refractivity contribution >= 4 is 29.9 Å². The SMILES string of the molecule is CC1(C)COC(=O)[C@@H]1OC(=O)C=Cc1ccc(C(=O)O[C@@H]2CC(C(=O)NCCO)=C[C@H]3OC4(Cc5ccccc5C4)O[C@H]32)cc1. The number of aliphatic hydroxyl groups is 1. The summed E-state index contributed by atoms with van der Waals surface area (Å²) in [6.45, 7) is 3.63. The molecular weight excluding hydrogens is 582 g/mol. The van der Waals surface area contributed by atoms with Crippen molar-refractivity contribution in [1.82, 2.24) is 5.32 Å². The molecule has 2 fully saturated rings. The van der Waals surface area contributed by atoms with Gasteiger partial charge in [-0.15, -0.1) is 0 Å². The number of aliphatic hydroxyl groups excluding tert-OH is 1. The van der Waals surface area contributed by atoms with Gasteiger partial charge in [0.2, 0.25) is 12.0 Å². The van der Waals surface area contributed by atoms with E-state index >= 15 is 0 Å². The first kappa shape index (κ1) is 30.7. The number of amides is 1. The zero-order valence-corrected chi connectivity index (χ0v) is 25.0. The van der Waals surface area contributed by atoms with Gasteiger partial charge in [-0.3, -0.25) is 4.79 Å². The van der Waals surface area contributed by atoms with E-state index in [2.05, 4.69) is 5.32 Å². The number of hydrogen-bond donors (Lipinski definition) is 2. The van der Waals surface area contributed by atoms with Crippen LogP contribution < -0.4 is 5.32 Å². The van der Waals surface area contributed by atoms with Gasteiger partial charge in [0.1, 0.15) is 24.9 Å². The number of nitrogens with one attached hydrogen (secondary N) is 1. The van der Waals surface area contributed by atoms with Gasteiger partial charge in [-0.25, -0.2) is 14.4 Å². The van der Waals surface area contributed by atoms with Crippen LogP contribution in [0.4, 0.5) is 0 Å². The monoisotopic (exact) mass is 617 g/mol. The van der Waals surface area contributed by atoms with Crippen LogP contribution in [0.3, 0.4) is 0 Å². The molecule has 4 atom stereocenters. The standard InChI is InChI=1S/C34H35NO10/c1-33(2)19-41-32(40)29(33)43-27(37)12-9-20-7-10-21(11-8-20)31(39)42-25-15-24(30(38)35-13-14-36)16-26-28(25)45-34(44-26)17-22-5-3-4-6-23(22)18-34/h3-12,16,25-26,28-29,36H,13-15,17-19H2,1-2H3,(H,35,38)/t25-,26-,28+,29+/m1/s1. The van der Waals surface area contributed by atoms with Gasteiger partial charge in [-0.1, -0.05) is 50.2 Å². The minimum atomic E-state index is -0.976. The number of rotatable bonds is 8. The van der Waals surface area contributed by atoms with E-state index in [4.69, 9.17) is 28.8 Å². The van der Waals surface area contributed by atoms with Crippen LogP contribution in [0, 0.1) is 5.41 Å². The average Bonchev–Trinajstić information content (AvgIpc) is 3.66. The fourth-order valence-corrected chi connectivity index (χ4v) is 6.14. The summed E-state index contributed by atoms with van der Waals surface area (Å²) in [5.74, 6) is -3.14. The van der Waals surface area contributed by atoms with Crippen molar-refractivity contribution in [2.24, 2.45) is 5.41 Å². The van der Waals surface area contributed by atoms with E-state index in [0.29, 0.717) is 24.0 Å². The highest BCUT2D eigenvalue weighted by Gasteiger charge is 2.55. The molecule has 11 heteroatoms. The van der Waals surface area contributed by atoms with Crippen molar-refractivity contribution in [3.05, 3.63) is 88.5 Å². The molecule has 1 spiro atoms. The average molecular weight is 618 g/mol. The van der Waals surface area contributed by atoms with Crippen LogP contribution in [0.25, 0.3) is 6.08 Å². The van der Waals surface area contributed by atoms with Gasteiger partial charge in [0.05, 0.1) is 12.2 Å². The number of esters is 3. The summed E-state index contributed by atoms with van der Waals surface area (Å²) < 4.78 is 29.2. The third kappa shape index (κ3) is 6.42. The van der Waals surface area contributed by atoms with E-state index in [9.17, 15) is 19.2 Å². The summed E-state index contributed by atoms with van der Waals surface area (Å²) >= 11 is 0. The predicted octanol–water partition coefficient (Wildman–Crippen LogP) is 2.44. The first-order chi connectivity index (χ1) is 21.6.